The highest BCUT2D eigenvalue weighted by atomic mass is 16.6. The molecule has 9 heteroatoms. The van der Waals surface area contributed by atoms with Crippen molar-refractivity contribution in [2.75, 3.05) is 20.8 Å². The molecule has 1 N–H and O–H groups in total. The third-order valence-electron chi connectivity index (χ3n) is 9.92. The van der Waals surface area contributed by atoms with Gasteiger partial charge in [-0.3, -0.25) is 9.59 Å². The lowest BCUT2D eigenvalue weighted by Gasteiger charge is -2.64. The zero-order valence-corrected chi connectivity index (χ0v) is 23.9. The SMILES string of the molecule is C=C(C)[C@@]12C[C@H](O)C(C)=C1[C@@H](OC)C(=O)[C@]1(C)[C@@H](OC)C[C@H]3OC[C@@]3(OC(C)=O)[C@H]1[C@@H]2OC(=O)c1ccccc1. The molecule has 5 rings (SSSR count). The number of aliphatic hydroxyl groups is 1. The van der Waals surface area contributed by atoms with Crippen molar-refractivity contribution in [2.45, 2.75) is 76.7 Å². The van der Waals surface area contributed by atoms with Gasteiger partial charge in [-0.1, -0.05) is 30.4 Å². The quantitative estimate of drug-likeness (QED) is 0.418. The van der Waals surface area contributed by atoms with Gasteiger partial charge in [0.05, 0.1) is 41.1 Å². The molecule has 216 valence electrons. The number of Topliss-reactive ketones (excluding diaryl/α,β-unsaturated/α-hetero) is 1. The van der Waals surface area contributed by atoms with Crippen molar-refractivity contribution < 1.29 is 43.2 Å². The summed E-state index contributed by atoms with van der Waals surface area (Å²) in [5.74, 6) is -2.35. The molecule has 9 nitrogen and oxygen atoms in total. The largest absolute Gasteiger partial charge is 0.457 e. The lowest BCUT2D eigenvalue weighted by Crippen LogP contribution is -2.78. The van der Waals surface area contributed by atoms with Crippen LogP contribution in [0.2, 0.25) is 0 Å². The topological polar surface area (TPSA) is 118 Å². The van der Waals surface area contributed by atoms with Gasteiger partial charge in [0.1, 0.15) is 18.3 Å². The van der Waals surface area contributed by atoms with Crippen molar-refractivity contribution in [3.05, 3.63) is 59.2 Å². The fourth-order valence-corrected chi connectivity index (χ4v) is 8.03. The summed E-state index contributed by atoms with van der Waals surface area (Å²) >= 11 is 0. The third kappa shape index (κ3) is 3.71. The second-order valence-electron chi connectivity index (χ2n) is 11.8. The number of carbonyl (C=O) groups is 3. The molecule has 0 unspecified atom stereocenters. The Bertz CT molecular complexity index is 1270. The predicted octanol–water partition coefficient (Wildman–Crippen LogP) is 3.20. The Morgan fingerprint density at radius 2 is 1.80 bits per heavy atom. The minimum absolute atomic E-state index is 0.0190. The van der Waals surface area contributed by atoms with Crippen LogP contribution in [-0.4, -0.2) is 79.8 Å². The summed E-state index contributed by atoms with van der Waals surface area (Å²) in [4.78, 5) is 41.2. The van der Waals surface area contributed by atoms with Gasteiger partial charge in [-0.05, 0) is 50.5 Å². The first-order valence-electron chi connectivity index (χ1n) is 13.6. The lowest BCUT2D eigenvalue weighted by molar-refractivity contribution is -0.334. The molecule has 1 aromatic carbocycles. The van der Waals surface area contributed by atoms with Crippen LogP contribution in [-0.2, 0) is 33.3 Å². The second kappa shape index (κ2) is 9.91. The van der Waals surface area contributed by atoms with Crippen LogP contribution in [0.4, 0.5) is 0 Å². The molecular formula is C31H38O9. The van der Waals surface area contributed by atoms with Crippen LogP contribution in [0.3, 0.4) is 0 Å². The maximum Gasteiger partial charge on any atom is 0.338 e. The van der Waals surface area contributed by atoms with Crippen LogP contribution in [0, 0.1) is 16.7 Å². The minimum Gasteiger partial charge on any atom is -0.457 e. The minimum atomic E-state index is -1.34. The van der Waals surface area contributed by atoms with Crippen molar-refractivity contribution in [3.63, 3.8) is 0 Å². The van der Waals surface area contributed by atoms with E-state index in [-0.39, 0.29) is 18.8 Å². The molecule has 2 saturated carbocycles. The summed E-state index contributed by atoms with van der Waals surface area (Å²) in [5, 5.41) is 11.3. The van der Waals surface area contributed by atoms with Crippen molar-refractivity contribution in [1.82, 2.24) is 0 Å². The second-order valence-corrected chi connectivity index (χ2v) is 11.8. The normalized spacial score (nSPS) is 40.2. The summed E-state index contributed by atoms with van der Waals surface area (Å²) in [6.45, 7) is 11.0. The van der Waals surface area contributed by atoms with E-state index < -0.39 is 64.8 Å². The molecule has 4 aliphatic rings. The Balaban J connectivity index is 1.85. The number of esters is 2. The van der Waals surface area contributed by atoms with E-state index in [0.29, 0.717) is 28.7 Å². The zero-order valence-electron chi connectivity index (χ0n) is 23.9. The third-order valence-corrected chi connectivity index (χ3v) is 9.92. The van der Waals surface area contributed by atoms with Crippen molar-refractivity contribution in [1.29, 1.82) is 0 Å². The Morgan fingerprint density at radius 3 is 2.33 bits per heavy atom. The Labute approximate surface area is 234 Å². The number of carbonyl (C=O) groups excluding carboxylic acids is 3. The first-order chi connectivity index (χ1) is 18.9. The summed E-state index contributed by atoms with van der Waals surface area (Å²) in [7, 11) is 2.98. The van der Waals surface area contributed by atoms with Crippen LogP contribution in [0.25, 0.3) is 0 Å². The van der Waals surface area contributed by atoms with Crippen LogP contribution in [0.15, 0.2) is 53.6 Å². The first kappa shape index (κ1) is 28.7. The van der Waals surface area contributed by atoms with E-state index in [0.717, 1.165) is 0 Å². The van der Waals surface area contributed by atoms with E-state index in [2.05, 4.69) is 6.58 Å². The predicted molar refractivity (Wildman–Crippen MR) is 143 cm³/mol. The molecule has 1 aromatic rings. The average Bonchev–Trinajstić information content (AvgIpc) is 3.14. The fourth-order valence-electron chi connectivity index (χ4n) is 8.03. The molecule has 1 aliphatic heterocycles. The van der Waals surface area contributed by atoms with Gasteiger partial charge >= 0.3 is 11.9 Å². The summed E-state index contributed by atoms with van der Waals surface area (Å²) in [5.41, 5.74) is -1.80. The van der Waals surface area contributed by atoms with Crippen molar-refractivity contribution in [3.8, 4) is 0 Å². The summed E-state index contributed by atoms with van der Waals surface area (Å²) in [6.07, 6.45) is -3.94. The summed E-state index contributed by atoms with van der Waals surface area (Å²) < 4.78 is 30.5. The molecule has 9 atom stereocenters. The van der Waals surface area contributed by atoms with E-state index in [4.69, 9.17) is 23.7 Å². The van der Waals surface area contributed by atoms with E-state index in [1.54, 1.807) is 51.1 Å². The molecule has 1 heterocycles. The van der Waals surface area contributed by atoms with Gasteiger partial charge < -0.3 is 28.8 Å². The van der Waals surface area contributed by atoms with Gasteiger partial charge in [-0.15, -0.1) is 0 Å². The van der Waals surface area contributed by atoms with Gasteiger partial charge in [0.15, 0.2) is 11.4 Å². The standard InChI is InChI=1S/C31H38O9/c1-16(2)30-14-20(33)17(3)23(30)24(37-7)26(34)29(5)21(36-6)13-22-31(15-38-22,40-18(4)32)25(29)27(30)39-28(35)19-11-9-8-10-12-19/h8-12,20-22,24-25,27,33H,1,13-15H2,2-7H3/t20-,21-,22+,24+,25-,27-,29+,30-,31-/m0/s1. The number of ether oxygens (including phenoxy) is 5. The van der Waals surface area contributed by atoms with Crippen LogP contribution < -0.4 is 0 Å². The number of aliphatic hydroxyl groups excluding tert-OH is 1. The molecule has 40 heavy (non-hydrogen) atoms. The number of ketones is 1. The highest BCUT2D eigenvalue weighted by molar-refractivity contribution is 5.95. The van der Waals surface area contributed by atoms with Crippen molar-refractivity contribution in [2.24, 2.45) is 16.7 Å². The number of hydrogen-bond donors (Lipinski definition) is 1. The Hall–Kier alpha value is -2.85. The van der Waals surface area contributed by atoms with E-state index in [1.165, 1.54) is 21.1 Å². The molecule has 0 amide bonds. The number of rotatable bonds is 6. The number of fused-ring (bicyclic) bond motifs is 4. The summed E-state index contributed by atoms with van der Waals surface area (Å²) in [6, 6.07) is 8.57. The van der Waals surface area contributed by atoms with Crippen LogP contribution in [0.1, 0.15) is 50.9 Å². The molecule has 0 bridgehead atoms. The van der Waals surface area contributed by atoms with Gasteiger partial charge in [-0.25, -0.2) is 4.79 Å². The van der Waals surface area contributed by atoms with Gasteiger partial charge in [0, 0.05) is 27.6 Å². The van der Waals surface area contributed by atoms with Gasteiger partial charge in [0.25, 0.3) is 0 Å². The highest BCUT2D eigenvalue weighted by Crippen LogP contribution is 2.66. The Morgan fingerprint density at radius 1 is 1.12 bits per heavy atom. The number of hydrogen-bond acceptors (Lipinski definition) is 9. The molecule has 1 saturated heterocycles. The average molecular weight is 555 g/mol. The first-order valence-corrected chi connectivity index (χ1v) is 13.6. The molecule has 0 spiro atoms. The maximum atomic E-state index is 14.8. The molecule has 3 fully saturated rings. The number of methoxy groups -OCH3 is 2. The smallest absolute Gasteiger partial charge is 0.338 e. The molecular weight excluding hydrogens is 516 g/mol. The van der Waals surface area contributed by atoms with Gasteiger partial charge in [-0.2, -0.15) is 0 Å². The van der Waals surface area contributed by atoms with Crippen molar-refractivity contribution >= 4 is 17.7 Å². The molecule has 0 radical (unpaired) electrons. The van der Waals surface area contributed by atoms with E-state index >= 15 is 0 Å². The maximum absolute atomic E-state index is 14.8. The van der Waals surface area contributed by atoms with E-state index in [9.17, 15) is 19.5 Å². The Kier molecular flexibility index (Phi) is 7.10. The molecule has 0 aromatic heterocycles. The number of benzene rings is 1. The van der Waals surface area contributed by atoms with Crippen LogP contribution in [0.5, 0.6) is 0 Å². The van der Waals surface area contributed by atoms with Crippen LogP contribution >= 0.6 is 0 Å². The van der Waals surface area contributed by atoms with E-state index in [1.807, 2.05) is 0 Å². The zero-order chi connectivity index (χ0) is 29.2. The monoisotopic (exact) mass is 554 g/mol. The highest BCUT2D eigenvalue weighted by Gasteiger charge is 2.78. The lowest BCUT2D eigenvalue weighted by atomic mass is 9.50. The fraction of sp³-hybridized carbons (Fsp3) is 0.581. The van der Waals surface area contributed by atoms with Gasteiger partial charge in [0.2, 0.25) is 0 Å². The molecule has 3 aliphatic carbocycles.